The smallest absolute Gasteiger partial charge is 0.169 e. The maximum Gasteiger partial charge on any atom is 0.169 e. The van der Waals surface area contributed by atoms with Crippen molar-refractivity contribution < 1.29 is 9.15 Å². The van der Waals surface area contributed by atoms with Crippen LogP contribution in [0.4, 0.5) is 0 Å². The summed E-state index contributed by atoms with van der Waals surface area (Å²) in [5, 5.41) is 3.91. The zero-order valence-corrected chi connectivity index (χ0v) is 15.4. The van der Waals surface area contributed by atoms with Crippen molar-refractivity contribution in [2.24, 2.45) is 0 Å². The summed E-state index contributed by atoms with van der Waals surface area (Å²) in [6, 6.07) is 17.7. The van der Waals surface area contributed by atoms with E-state index in [1.54, 1.807) is 19.6 Å². The molecule has 5 nitrogen and oxygen atoms in total. The van der Waals surface area contributed by atoms with Gasteiger partial charge in [0.05, 0.1) is 32.2 Å². The quantitative estimate of drug-likeness (QED) is 0.642. The fourth-order valence-corrected chi connectivity index (χ4v) is 2.73. The maximum absolute atomic E-state index is 5.62. The zero-order valence-electron chi connectivity index (χ0n) is 14.6. The number of ether oxygens (including phenoxy) is 1. The van der Waals surface area contributed by atoms with Gasteiger partial charge in [-0.05, 0) is 54.2 Å². The standard InChI is InChI=1S/C20H21N3O2S/c1-24-18-9-7-16(8-10-18)14-23(15-17-5-2-3-11-21-17)20(26)22-13-19-6-4-12-25-19/h2-12H,13-15H2,1H3,(H,22,26). The number of nitrogens with one attached hydrogen (secondary N) is 1. The van der Waals surface area contributed by atoms with Gasteiger partial charge in [-0.3, -0.25) is 4.98 Å². The van der Waals surface area contributed by atoms with Crippen molar-refractivity contribution >= 4 is 17.3 Å². The number of nitrogens with zero attached hydrogens (tertiary/aromatic N) is 2. The Morgan fingerprint density at radius 2 is 1.96 bits per heavy atom. The van der Waals surface area contributed by atoms with E-state index in [0.717, 1.165) is 22.8 Å². The third kappa shape index (κ3) is 5.07. The van der Waals surface area contributed by atoms with E-state index < -0.39 is 0 Å². The Labute approximate surface area is 158 Å². The first-order chi connectivity index (χ1) is 12.7. The van der Waals surface area contributed by atoms with E-state index in [1.165, 1.54) is 0 Å². The molecular weight excluding hydrogens is 346 g/mol. The van der Waals surface area contributed by atoms with Gasteiger partial charge in [-0.15, -0.1) is 0 Å². The molecule has 0 aliphatic rings. The molecule has 0 fully saturated rings. The lowest BCUT2D eigenvalue weighted by atomic mass is 10.2. The normalized spacial score (nSPS) is 10.3. The molecule has 3 rings (SSSR count). The second kappa shape index (κ2) is 9.01. The number of thiocarbonyl (C=S) groups is 1. The van der Waals surface area contributed by atoms with Crippen molar-refractivity contribution in [3.63, 3.8) is 0 Å². The molecule has 26 heavy (non-hydrogen) atoms. The molecule has 0 aliphatic carbocycles. The molecule has 0 bridgehead atoms. The summed E-state index contributed by atoms with van der Waals surface area (Å²) >= 11 is 5.62. The molecule has 0 spiro atoms. The monoisotopic (exact) mass is 367 g/mol. The molecule has 0 amide bonds. The Kier molecular flexibility index (Phi) is 6.22. The van der Waals surface area contributed by atoms with Gasteiger partial charge in [0.15, 0.2) is 5.11 Å². The first-order valence-corrected chi connectivity index (χ1v) is 8.73. The SMILES string of the molecule is COc1ccc(CN(Cc2ccccn2)C(=S)NCc2ccco2)cc1. The summed E-state index contributed by atoms with van der Waals surface area (Å²) in [5.41, 5.74) is 2.10. The van der Waals surface area contributed by atoms with Crippen LogP contribution < -0.4 is 10.1 Å². The van der Waals surface area contributed by atoms with E-state index in [-0.39, 0.29) is 0 Å². The molecule has 0 unspecified atom stereocenters. The molecule has 2 aromatic heterocycles. The van der Waals surface area contributed by atoms with E-state index in [2.05, 4.69) is 15.2 Å². The molecule has 0 radical (unpaired) electrons. The Hall–Kier alpha value is -2.86. The van der Waals surface area contributed by atoms with Crippen molar-refractivity contribution in [1.29, 1.82) is 0 Å². The fraction of sp³-hybridized carbons (Fsp3) is 0.200. The molecule has 134 valence electrons. The molecule has 1 N–H and O–H groups in total. The van der Waals surface area contributed by atoms with Gasteiger partial charge in [-0.25, -0.2) is 0 Å². The summed E-state index contributed by atoms with van der Waals surface area (Å²) < 4.78 is 10.6. The molecule has 0 saturated carbocycles. The second-order valence-corrected chi connectivity index (χ2v) is 6.15. The lowest BCUT2D eigenvalue weighted by Crippen LogP contribution is -2.38. The Balaban J connectivity index is 1.70. The molecule has 0 atom stereocenters. The van der Waals surface area contributed by atoms with Crippen LogP contribution in [-0.4, -0.2) is 22.1 Å². The van der Waals surface area contributed by atoms with Crippen LogP contribution in [0.15, 0.2) is 71.5 Å². The number of methoxy groups -OCH3 is 1. The van der Waals surface area contributed by atoms with E-state index in [0.29, 0.717) is 24.7 Å². The van der Waals surface area contributed by atoms with Gasteiger partial charge in [-0.1, -0.05) is 18.2 Å². The van der Waals surface area contributed by atoms with Crippen molar-refractivity contribution in [2.75, 3.05) is 7.11 Å². The third-order valence-corrected chi connectivity index (χ3v) is 4.30. The Bertz CT molecular complexity index is 805. The highest BCUT2D eigenvalue weighted by atomic mass is 32.1. The molecule has 3 aromatic rings. The summed E-state index contributed by atoms with van der Waals surface area (Å²) in [7, 11) is 1.66. The highest BCUT2D eigenvalue weighted by Gasteiger charge is 2.12. The van der Waals surface area contributed by atoms with Gasteiger partial charge in [0.2, 0.25) is 0 Å². The minimum absolute atomic E-state index is 0.549. The second-order valence-electron chi connectivity index (χ2n) is 5.76. The number of aromatic nitrogens is 1. The first-order valence-electron chi connectivity index (χ1n) is 8.32. The van der Waals surface area contributed by atoms with E-state index in [1.807, 2.05) is 54.6 Å². The van der Waals surface area contributed by atoms with Gasteiger partial charge in [-0.2, -0.15) is 0 Å². The van der Waals surface area contributed by atoms with Crippen molar-refractivity contribution in [3.8, 4) is 5.75 Å². The Morgan fingerprint density at radius 3 is 2.62 bits per heavy atom. The van der Waals surface area contributed by atoms with Crippen LogP contribution in [0.5, 0.6) is 5.75 Å². The molecule has 0 saturated heterocycles. The predicted molar refractivity (Wildman–Crippen MR) is 105 cm³/mol. The van der Waals surface area contributed by atoms with Crippen LogP contribution in [0.1, 0.15) is 17.0 Å². The van der Waals surface area contributed by atoms with Gasteiger partial charge in [0.1, 0.15) is 11.5 Å². The zero-order chi connectivity index (χ0) is 18.2. The van der Waals surface area contributed by atoms with Gasteiger partial charge < -0.3 is 19.4 Å². The molecule has 2 heterocycles. The molecular formula is C20H21N3O2S. The maximum atomic E-state index is 5.62. The minimum atomic E-state index is 0.549. The topological polar surface area (TPSA) is 50.5 Å². The molecule has 0 aliphatic heterocycles. The number of hydrogen-bond acceptors (Lipinski definition) is 4. The average molecular weight is 367 g/mol. The number of pyridine rings is 1. The number of furan rings is 1. The van der Waals surface area contributed by atoms with E-state index in [4.69, 9.17) is 21.4 Å². The summed E-state index contributed by atoms with van der Waals surface area (Å²) in [5.74, 6) is 1.68. The lowest BCUT2D eigenvalue weighted by Gasteiger charge is -2.25. The summed E-state index contributed by atoms with van der Waals surface area (Å²) in [6.45, 7) is 1.84. The highest BCUT2D eigenvalue weighted by Crippen LogP contribution is 2.15. The number of hydrogen-bond donors (Lipinski definition) is 1. The van der Waals surface area contributed by atoms with Gasteiger partial charge >= 0.3 is 0 Å². The van der Waals surface area contributed by atoms with E-state index in [9.17, 15) is 0 Å². The largest absolute Gasteiger partial charge is 0.497 e. The van der Waals surface area contributed by atoms with Crippen LogP contribution >= 0.6 is 12.2 Å². The van der Waals surface area contributed by atoms with Crippen molar-refractivity contribution in [3.05, 3.63) is 84.1 Å². The predicted octanol–water partition coefficient (Wildman–Crippen LogP) is 3.76. The molecule has 6 heteroatoms. The Morgan fingerprint density at radius 1 is 1.12 bits per heavy atom. The number of benzene rings is 1. The van der Waals surface area contributed by atoms with Gasteiger partial charge in [0.25, 0.3) is 0 Å². The summed E-state index contributed by atoms with van der Waals surface area (Å²) in [4.78, 5) is 6.50. The average Bonchev–Trinajstić information content (AvgIpc) is 3.20. The van der Waals surface area contributed by atoms with Crippen molar-refractivity contribution in [2.45, 2.75) is 19.6 Å². The third-order valence-electron chi connectivity index (χ3n) is 3.89. The van der Waals surface area contributed by atoms with Crippen LogP contribution in [0.3, 0.4) is 0 Å². The minimum Gasteiger partial charge on any atom is -0.497 e. The van der Waals surface area contributed by atoms with Crippen LogP contribution in [0.25, 0.3) is 0 Å². The molecule has 1 aromatic carbocycles. The lowest BCUT2D eigenvalue weighted by molar-refractivity contribution is 0.388. The van der Waals surface area contributed by atoms with Gasteiger partial charge in [0, 0.05) is 12.7 Å². The van der Waals surface area contributed by atoms with E-state index >= 15 is 0 Å². The van der Waals surface area contributed by atoms with Crippen LogP contribution in [-0.2, 0) is 19.6 Å². The summed E-state index contributed by atoms with van der Waals surface area (Å²) in [6.07, 6.45) is 3.45. The van der Waals surface area contributed by atoms with Crippen LogP contribution in [0, 0.1) is 0 Å². The first kappa shape index (κ1) is 17.9. The fourth-order valence-electron chi connectivity index (χ4n) is 2.53. The van der Waals surface area contributed by atoms with Crippen LogP contribution in [0.2, 0.25) is 0 Å². The van der Waals surface area contributed by atoms with Crippen molar-refractivity contribution in [1.82, 2.24) is 15.2 Å². The number of rotatable bonds is 7. The highest BCUT2D eigenvalue weighted by molar-refractivity contribution is 7.80.